The van der Waals surface area contributed by atoms with Gasteiger partial charge in [-0.05, 0) is 31.9 Å². The van der Waals surface area contributed by atoms with Crippen LogP contribution in [-0.4, -0.2) is 38.8 Å². The molecule has 7 heteroatoms. The summed E-state index contributed by atoms with van der Waals surface area (Å²) in [6.07, 6.45) is 0. The summed E-state index contributed by atoms with van der Waals surface area (Å²) in [5.41, 5.74) is 1.39. The average Bonchev–Trinajstić information content (AvgIpc) is 3.19. The Hall–Kier alpha value is -2.54. The molecule has 2 aromatic rings. The van der Waals surface area contributed by atoms with Gasteiger partial charge in [0.2, 0.25) is 0 Å². The fraction of sp³-hybridized carbons (Fsp3) is 0.381. The first-order valence-corrected chi connectivity index (χ1v) is 11.0. The van der Waals surface area contributed by atoms with Gasteiger partial charge in [0.05, 0.1) is 6.54 Å². The van der Waals surface area contributed by atoms with Crippen molar-refractivity contribution < 1.29 is 8.42 Å². The predicted molar refractivity (Wildman–Crippen MR) is 110 cm³/mol. The van der Waals surface area contributed by atoms with Gasteiger partial charge in [-0.25, -0.2) is 8.42 Å². The van der Waals surface area contributed by atoms with Crippen molar-refractivity contribution in [3.63, 3.8) is 0 Å². The molecule has 0 fully saturated rings. The monoisotopic (exact) mass is 396 g/mol. The van der Waals surface area contributed by atoms with Crippen molar-refractivity contribution in [1.29, 1.82) is 0 Å². The van der Waals surface area contributed by atoms with Crippen LogP contribution in [-0.2, 0) is 20.3 Å². The molecular weight excluding hydrogens is 372 g/mol. The second-order valence-corrected chi connectivity index (χ2v) is 9.06. The topological polar surface area (TPSA) is 74.5 Å². The van der Waals surface area contributed by atoms with Gasteiger partial charge in [0.15, 0.2) is 16.1 Å². The highest BCUT2D eigenvalue weighted by atomic mass is 32.2. The van der Waals surface area contributed by atoms with E-state index in [-0.39, 0.29) is 6.54 Å². The van der Waals surface area contributed by atoms with Crippen molar-refractivity contribution in [2.75, 3.05) is 19.6 Å². The molecule has 2 aliphatic rings. The van der Waals surface area contributed by atoms with Crippen LogP contribution in [0.25, 0.3) is 0 Å². The predicted octanol–water partition coefficient (Wildman–Crippen LogP) is 3.64. The minimum atomic E-state index is -3.91. The number of benzene rings is 2. The van der Waals surface area contributed by atoms with Crippen LogP contribution in [0.2, 0.25) is 0 Å². The van der Waals surface area contributed by atoms with Gasteiger partial charge in [0.25, 0.3) is 10.0 Å². The molecule has 0 aromatic heterocycles. The molecule has 0 aliphatic carbocycles. The molecule has 2 heterocycles. The minimum absolute atomic E-state index is 0.0570. The Balaban J connectivity index is 2.09. The Morgan fingerprint density at radius 2 is 1.61 bits per heavy atom. The Bertz CT molecular complexity index is 1040. The lowest BCUT2D eigenvalue weighted by Gasteiger charge is -2.39. The first-order chi connectivity index (χ1) is 13.4. The van der Waals surface area contributed by atoms with Crippen LogP contribution in [0.1, 0.15) is 30.5 Å². The molecular formula is C21H24N4O2S. The van der Waals surface area contributed by atoms with Crippen molar-refractivity contribution in [2.24, 2.45) is 14.6 Å². The van der Waals surface area contributed by atoms with Gasteiger partial charge in [0, 0.05) is 13.1 Å². The zero-order chi connectivity index (χ0) is 20.0. The summed E-state index contributed by atoms with van der Waals surface area (Å²) < 4.78 is 30.2. The molecule has 0 spiro atoms. The average molecular weight is 397 g/mol. The van der Waals surface area contributed by atoms with Gasteiger partial charge in [0.1, 0.15) is 0 Å². The van der Waals surface area contributed by atoms with Crippen LogP contribution in [0.15, 0.2) is 69.2 Å². The van der Waals surface area contributed by atoms with Crippen LogP contribution in [0, 0.1) is 6.92 Å². The molecule has 2 aromatic carbocycles. The van der Waals surface area contributed by atoms with Crippen molar-refractivity contribution in [1.82, 2.24) is 4.90 Å². The lowest BCUT2D eigenvalue weighted by Crippen LogP contribution is -2.55. The van der Waals surface area contributed by atoms with Crippen molar-refractivity contribution in [3.8, 4) is 0 Å². The zero-order valence-corrected chi connectivity index (χ0v) is 17.1. The molecule has 0 saturated carbocycles. The van der Waals surface area contributed by atoms with E-state index in [1.165, 1.54) is 0 Å². The van der Waals surface area contributed by atoms with E-state index in [1.807, 2.05) is 80.3 Å². The van der Waals surface area contributed by atoms with Gasteiger partial charge in [-0.2, -0.15) is 10.2 Å². The molecule has 0 bridgehead atoms. The molecule has 0 N–H and O–H groups in total. The van der Waals surface area contributed by atoms with Gasteiger partial charge in [-0.3, -0.25) is 0 Å². The summed E-state index contributed by atoms with van der Waals surface area (Å²) in [6, 6.07) is 17.2. The molecule has 0 radical (unpaired) electrons. The minimum Gasteiger partial charge on any atom is -0.357 e. The van der Waals surface area contributed by atoms with Crippen molar-refractivity contribution >= 4 is 15.9 Å². The van der Waals surface area contributed by atoms with Crippen LogP contribution in [0.5, 0.6) is 0 Å². The normalized spacial score (nSPS) is 27.5. The summed E-state index contributed by atoms with van der Waals surface area (Å²) in [5.74, 6) is 0.464. The number of hydrogen-bond acceptors (Lipinski definition) is 5. The third kappa shape index (κ3) is 2.25. The number of sulfonamides is 1. The highest BCUT2D eigenvalue weighted by Crippen LogP contribution is 2.58. The maximum atomic E-state index is 13.6. The fourth-order valence-electron chi connectivity index (χ4n) is 4.37. The lowest BCUT2D eigenvalue weighted by atomic mass is 9.73. The van der Waals surface area contributed by atoms with Gasteiger partial charge in [-0.15, -0.1) is 4.40 Å². The quantitative estimate of drug-likeness (QED) is 0.792. The number of rotatable bonds is 4. The molecule has 6 nitrogen and oxygen atoms in total. The van der Waals surface area contributed by atoms with E-state index in [0.717, 1.165) is 11.1 Å². The lowest BCUT2D eigenvalue weighted by molar-refractivity contribution is 0.382. The highest BCUT2D eigenvalue weighted by Gasteiger charge is 2.73. The van der Waals surface area contributed by atoms with E-state index >= 15 is 0 Å². The van der Waals surface area contributed by atoms with E-state index in [4.69, 9.17) is 0 Å². The maximum Gasteiger partial charge on any atom is 0.270 e. The smallest absolute Gasteiger partial charge is 0.270 e. The summed E-state index contributed by atoms with van der Waals surface area (Å²) in [7, 11) is -3.91. The molecule has 0 unspecified atom stereocenters. The number of amidine groups is 1. The number of hydrogen-bond donors (Lipinski definition) is 0. The standard InChI is InChI=1S/C21H24N4O2S/c1-4-25(5-2)19-21(18-13-11-16(3)12-14-18)20(15-22-24-21,28(26,27)23-19)17-9-7-6-8-10-17/h6-14H,4-5,15H2,1-3H3/t20-,21+/m1/s1. The SMILES string of the molecule is CCN(CC)C1=NS(=O)(=O)[C@@]2(c3ccccc3)CN=N[C@@]12c1ccc(C)cc1. The van der Waals surface area contributed by atoms with Gasteiger partial charge < -0.3 is 4.90 Å². The molecule has 28 heavy (non-hydrogen) atoms. The van der Waals surface area contributed by atoms with Gasteiger partial charge in [-0.1, -0.05) is 60.2 Å². The highest BCUT2D eigenvalue weighted by molar-refractivity contribution is 7.91. The van der Waals surface area contributed by atoms with Crippen LogP contribution >= 0.6 is 0 Å². The second kappa shape index (κ2) is 6.51. The van der Waals surface area contributed by atoms with E-state index in [0.29, 0.717) is 24.5 Å². The summed E-state index contributed by atoms with van der Waals surface area (Å²) in [6.45, 7) is 7.33. The van der Waals surface area contributed by atoms with Crippen LogP contribution in [0.3, 0.4) is 0 Å². The van der Waals surface area contributed by atoms with Crippen LogP contribution < -0.4 is 0 Å². The summed E-state index contributed by atoms with van der Waals surface area (Å²) >= 11 is 0. The van der Waals surface area contributed by atoms with Crippen molar-refractivity contribution in [3.05, 3.63) is 71.3 Å². The largest absolute Gasteiger partial charge is 0.357 e. The fourth-order valence-corrected chi connectivity index (χ4v) is 6.28. The molecule has 4 rings (SSSR count). The Kier molecular flexibility index (Phi) is 4.38. The van der Waals surface area contributed by atoms with Crippen LogP contribution in [0.4, 0.5) is 0 Å². The zero-order valence-electron chi connectivity index (χ0n) is 16.3. The molecule has 2 atom stereocenters. The third-order valence-electron chi connectivity index (χ3n) is 5.84. The van der Waals surface area contributed by atoms with E-state index < -0.39 is 20.3 Å². The van der Waals surface area contributed by atoms with Crippen molar-refractivity contribution in [2.45, 2.75) is 31.1 Å². The number of fused-ring (bicyclic) bond motifs is 1. The molecule has 0 saturated heterocycles. The first kappa shape index (κ1) is 18.8. The van der Waals surface area contributed by atoms with Gasteiger partial charge >= 0.3 is 0 Å². The Morgan fingerprint density at radius 3 is 2.21 bits per heavy atom. The number of nitrogens with zero attached hydrogens (tertiary/aromatic N) is 4. The number of aryl methyl sites for hydroxylation is 1. The van der Waals surface area contributed by atoms with E-state index in [9.17, 15) is 8.42 Å². The number of azo groups is 1. The molecule has 0 amide bonds. The Morgan fingerprint density at radius 1 is 0.964 bits per heavy atom. The first-order valence-electron chi connectivity index (χ1n) is 9.54. The number of likely N-dealkylation sites (N-methyl/N-ethyl adjacent to an activating group) is 1. The summed E-state index contributed by atoms with van der Waals surface area (Å²) in [4.78, 5) is 1.98. The maximum absolute atomic E-state index is 13.6. The molecule has 146 valence electrons. The third-order valence-corrected chi connectivity index (χ3v) is 7.80. The molecule has 2 aliphatic heterocycles. The van der Waals surface area contributed by atoms with E-state index in [1.54, 1.807) is 0 Å². The summed E-state index contributed by atoms with van der Waals surface area (Å²) in [5, 5.41) is 8.97. The Labute approximate surface area is 166 Å². The second-order valence-electron chi connectivity index (χ2n) is 7.23. The van der Waals surface area contributed by atoms with E-state index in [2.05, 4.69) is 14.6 Å².